The minimum atomic E-state index is -0.379. The van der Waals surface area contributed by atoms with Crippen LogP contribution in [0.3, 0.4) is 0 Å². The molecular formula is C34H37N3O8S2. The largest absolute Gasteiger partial charge is 0.493 e. The Morgan fingerprint density at radius 1 is 0.830 bits per heavy atom. The molecule has 0 radical (unpaired) electrons. The van der Waals surface area contributed by atoms with Crippen LogP contribution in [0, 0.1) is 0 Å². The van der Waals surface area contributed by atoms with E-state index in [1.54, 1.807) is 37.8 Å². The van der Waals surface area contributed by atoms with Gasteiger partial charge in [0.05, 0.1) is 62.5 Å². The summed E-state index contributed by atoms with van der Waals surface area (Å²) < 4.78 is 31.7. The van der Waals surface area contributed by atoms with Gasteiger partial charge in [0.2, 0.25) is 0 Å². The maximum absolute atomic E-state index is 13.1. The van der Waals surface area contributed by atoms with E-state index in [2.05, 4.69) is 5.10 Å². The number of fused-ring (bicyclic) bond motifs is 2. The number of hydrogen-bond donors (Lipinski definition) is 0. The zero-order valence-electron chi connectivity index (χ0n) is 27.0. The molecule has 47 heavy (non-hydrogen) atoms. The highest BCUT2D eigenvalue weighted by Gasteiger charge is 2.19. The number of ether oxygens (including phenoxy) is 5. The van der Waals surface area contributed by atoms with E-state index in [0.29, 0.717) is 65.5 Å². The first kappa shape index (κ1) is 33.7. The summed E-state index contributed by atoms with van der Waals surface area (Å²) in [5, 5.41) is 6.12. The number of aromatic nitrogens is 2. The molecule has 248 valence electrons. The number of esters is 1. The predicted octanol–water partition coefficient (Wildman–Crippen LogP) is 6.51. The molecule has 2 aromatic carbocycles. The van der Waals surface area contributed by atoms with Gasteiger partial charge < -0.3 is 28.6 Å². The van der Waals surface area contributed by atoms with Crippen LogP contribution in [0.5, 0.6) is 23.0 Å². The molecule has 0 unspecified atom stereocenters. The molecule has 0 saturated carbocycles. The van der Waals surface area contributed by atoms with Gasteiger partial charge in [0.15, 0.2) is 28.8 Å². The van der Waals surface area contributed by atoms with Crippen molar-refractivity contribution in [3.8, 4) is 23.0 Å². The lowest BCUT2D eigenvalue weighted by Crippen LogP contribution is -2.25. The minimum Gasteiger partial charge on any atom is -0.493 e. The van der Waals surface area contributed by atoms with Crippen LogP contribution >= 0.6 is 22.7 Å². The van der Waals surface area contributed by atoms with Gasteiger partial charge in [0, 0.05) is 54.7 Å². The van der Waals surface area contributed by atoms with Gasteiger partial charge in [-0.25, -0.2) is 0 Å². The topological polar surface area (TPSA) is 118 Å². The summed E-state index contributed by atoms with van der Waals surface area (Å²) in [6.45, 7) is 3.18. The van der Waals surface area contributed by atoms with E-state index in [4.69, 9.17) is 23.7 Å². The van der Waals surface area contributed by atoms with Crippen molar-refractivity contribution in [3.05, 3.63) is 64.1 Å². The van der Waals surface area contributed by atoms with E-state index < -0.39 is 0 Å². The van der Waals surface area contributed by atoms with Crippen molar-refractivity contribution in [2.75, 3.05) is 41.1 Å². The number of benzene rings is 2. The number of nitrogens with zero attached hydrogens (tertiary/aromatic N) is 3. The second-order valence-electron chi connectivity index (χ2n) is 10.7. The predicted molar refractivity (Wildman–Crippen MR) is 182 cm³/mol. The average Bonchev–Trinajstić information content (AvgIpc) is 3.79. The fourth-order valence-corrected chi connectivity index (χ4v) is 7.04. The van der Waals surface area contributed by atoms with Crippen LogP contribution < -0.4 is 18.9 Å². The van der Waals surface area contributed by atoms with Crippen molar-refractivity contribution in [2.45, 2.75) is 32.7 Å². The molecular weight excluding hydrogens is 643 g/mol. The van der Waals surface area contributed by atoms with Crippen LogP contribution in [0.25, 0.3) is 20.2 Å². The zero-order chi connectivity index (χ0) is 33.5. The molecule has 0 aliphatic rings. The lowest BCUT2D eigenvalue weighted by Gasteiger charge is -2.14. The van der Waals surface area contributed by atoms with Crippen molar-refractivity contribution in [2.24, 2.45) is 7.05 Å². The van der Waals surface area contributed by atoms with Crippen LogP contribution in [0.2, 0.25) is 0 Å². The van der Waals surface area contributed by atoms with Gasteiger partial charge in [-0.05, 0) is 48.0 Å². The number of thiophene rings is 2. The summed E-state index contributed by atoms with van der Waals surface area (Å²) in [5.41, 5.74) is 0.821. The molecule has 0 fully saturated rings. The van der Waals surface area contributed by atoms with E-state index in [1.807, 2.05) is 55.7 Å². The van der Waals surface area contributed by atoms with Gasteiger partial charge in [-0.15, -0.1) is 22.7 Å². The third-order valence-corrected chi connectivity index (χ3v) is 9.50. The summed E-state index contributed by atoms with van der Waals surface area (Å²) in [5.74, 6) is 1.72. The molecule has 0 spiro atoms. The van der Waals surface area contributed by atoms with Crippen LogP contribution in [-0.2, 0) is 23.1 Å². The SMILES string of the molecule is CCOC(=O)CCC(=O)c1cc2cc(OC)c(OCCCOc3cc4cc(C(=O)N(C)Cc5ccn(C)n5)sc4cc3OC)cc2s1. The summed E-state index contributed by atoms with van der Waals surface area (Å²) in [7, 11) is 6.77. The third-order valence-electron chi connectivity index (χ3n) is 7.27. The summed E-state index contributed by atoms with van der Waals surface area (Å²) in [6, 6.07) is 13.1. The quantitative estimate of drug-likeness (QED) is 0.0653. The molecule has 0 atom stereocenters. The van der Waals surface area contributed by atoms with Gasteiger partial charge in [-0.2, -0.15) is 5.10 Å². The molecule has 0 aliphatic heterocycles. The fourth-order valence-electron chi connectivity index (χ4n) is 4.93. The average molecular weight is 680 g/mol. The summed E-state index contributed by atoms with van der Waals surface area (Å²) in [6.07, 6.45) is 2.59. The number of amides is 1. The Kier molecular flexibility index (Phi) is 11.0. The monoisotopic (exact) mass is 679 g/mol. The molecule has 0 saturated heterocycles. The normalized spacial score (nSPS) is 11.1. The van der Waals surface area contributed by atoms with E-state index in [9.17, 15) is 14.4 Å². The maximum atomic E-state index is 13.1. The van der Waals surface area contributed by atoms with Crippen molar-refractivity contribution in [1.82, 2.24) is 14.7 Å². The molecule has 1 amide bonds. The van der Waals surface area contributed by atoms with Crippen molar-refractivity contribution in [1.29, 1.82) is 0 Å². The lowest BCUT2D eigenvalue weighted by atomic mass is 10.1. The molecule has 5 rings (SSSR count). The molecule has 3 aromatic heterocycles. The number of Topliss-reactive ketones (excluding diaryl/α,β-unsaturated/α-hetero) is 1. The molecule has 0 bridgehead atoms. The number of carbonyl (C=O) groups is 3. The Hall–Kier alpha value is -4.62. The van der Waals surface area contributed by atoms with E-state index in [1.165, 1.54) is 22.7 Å². The van der Waals surface area contributed by atoms with E-state index >= 15 is 0 Å². The maximum Gasteiger partial charge on any atom is 0.306 e. The van der Waals surface area contributed by atoms with Gasteiger partial charge in [-0.1, -0.05) is 0 Å². The molecule has 0 aliphatic carbocycles. The Balaban J connectivity index is 1.17. The molecule has 3 heterocycles. The van der Waals surface area contributed by atoms with Crippen molar-refractivity contribution < 1.29 is 38.1 Å². The minimum absolute atomic E-state index is 0.0548. The van der Waals surface area contributed by atoms with Gasteiger partial charge in [-0.3, -0.25) is 19.1 Å². The van der Waals surface area contributed by atoms with Gasteiger partial charge in [0.25, 0.3) is 5.91 Å². The first-order chi connectivity index (χ1) is 22.7. The lowest BCUT2D eigenvalue weighted by molar-refractivity contribution is -0.143. The van der Waals surface area contributed by atoms with E-state index in [0.717, 1.165) is 25.9 Å². The van der Waals surface area contributed by atoms with Crippen LogP contribution in [0.4, 0.5) is 0 Å². The van der Waals surface area contributed by atoms with Crippen molar-refractivity contribution >= 4 is 60.5 Å². The molecule has 11 nitrogen and oxygen atoms in total. The Bertz CT molecular complexity index is 1890. The molecule has 5 aromatic rings. The number of ketones is 1. The first-order valence-corrected chi connectivity index (χ1v) is 16.7. The Morgan fingerprint density at radius 3 is 2.06 bits per heavy atom. The van der Waals surface area contributed by atoms with Crippen molar-refractivity contribution in [3.63, 3.8) is 0 Å². The van der Waals surface area contributed by atoms with Crippen LogP contribution in [-0.4, -0.2) is 73.4 Å². The van der Waals surface area contributed by atoms with Crippen LogP contribution in [0.15, 0.2) is 48.7 Å². The fraction of sp³-hybridized carbons (Fsp3) is 0.353. The van der Waals surface area contributed by atoms with Gasteiger partial charge >= 0.3 is 5.97 Å². The summed E-state index contributed by atoms with van der Waals surface area (Å²) in [4.78, 5) is 40.3. The standard InChI is InChI=1S/C34H37N3O8S2/c1-6-43-33(39)9-8-24(38)31-16-21-14-25(41-4)28(19-30(21)46-31)45-13-7-12-44-27-15-22-17-32(47-29(22)18-26(27)42-5)34(40)36(2)20-23-10-11-37(3)35-23/h10-11,14-19H,6-9,12-13,20H2,1-5H3. The number of rotatable bonds is 16. The van der Waals surface area contributed by atoms with Crippen LogP contribution in [0.1, 0.15) is 51.2 Å². The summed E-state index contributed by atoms with van der Waals surface area (Å²) >= 11 is 2.76. The highest BCUT2D eigenvalue weighted by molar-refractivity contribution is 7.21. The van der Waals surface area contributed by atoms with Gasteiger partial charge in [0.1, 0.15) is 0 Å². The number of aryl methyl sites for hydroxylation is 1. The first-order valence-electron chi connectivity index (χ1n) is 15.1. The Labute approximate surface area is 280 Å². The number of hydrogen-bond acceptors (Lipinski definition) is 11. The zero-order valence-corrected chi connectivity index (χ0v) is 28.6. The second kappa shape index (κ2) is 15.3. The number of carbonyl (C=O) groups excluding carboxylic acids is 3. The number of methoxy groups -OCH3 is 2. The third kappa shape index (κ3) is 8.22. The molecule has 0 N–H and O–H groups in total. The molecule has 13 heteroatoms. The highest BCUT2D eigenvalue weighted by Crippen LogP contribution is 2.38. The smallest absolute Gasteiger partial charge is 0.306 e. The van der Waals surface area contributed by atoms with E-state index in [-0.39, 0.29) is 30.5 Å². The second-order valence-corrected chi connectivity index (χ2v) is 12.9. The Morgan fingerprint density at radius 2 is 1.43 bits per heavy atom. The highest BCUT2D eigenvalue weighted by atomic mass is 32.1.